The summed E-state index contributed by atoms with van der Waals surface area (Å²) >= 11 is 0. The van der Waals surface area contributed by atoms with Gasteiger partial charge in [-0.2, -0.15) is 0 Å². The summed E-state index contributed by atoms with van der Waals surface area (Å²) in [6.45, 7) is 4.13. The molecule has 0 saturated carbocycles. The first-order valence-electron chi connectivity index (χ1n) is 7.37. The third kappa shape index (κ3) is 3.60. The lowest BCUT2D eigenvalue weighted by atomic mass is 9.98. The molecule has 5 nitrogen and oxygen atoms in total. The molecule has 21 heavy (non-hydrogen) atoms. The summed E-state index contributed by atoms with van der Waals surface area (Å²) in [5, 5.41) is 0. The van der Waals surface area contributed by atoms with E-state index in [-0.39, 0.29) is 0 Å². The van der Waals surface area contributed by atoms with Crippen molar-refractivity contribution in [2.75, 3.05) is 27.9 Å². The van der Waals surface area contributed by atoms with Crippen molar-refractivity contribution in [2.24, 2.45) is 5.73 Å². The zero-order valence-electron chi connectivity index (χ0n) is 13.4. The van der Waals surface area contributed by atoms with Gasteiger partial charge in [-0.25, -0.2) is 0 Å². The van der Waals surface area contributed by atoms with Crippen molar-refractivity contribution in [1.29, 1.82) is 0 Å². The van der Waals surface area contributed by atoms with Gasteiger partial charge in [-0.3, -0.25) is 4.90 Å². The van der Waals surface area contributed by atoms with E-state index >= 15 is 0 Å². The average molecular weight is 294 g/mol. The number of rotatable bonds is 5. The monoisotopic (exact) mass is 294 g/mol. The van der Waals surface area contributed by atoms with Crippen molar-refractivity contribution in [3.8, 4) is 17.2 Å². The average Bonchev–Trinajstić information content (AvgIpc) is 2.49. The normalized spacial score (nSPS) is 22.9. The van der Waals surface area contributed by atoms with Gasteiger partial charge in [0.1, 0.15) is 0 Å². The molecule has 0 bridgehead atoms. The van der Waals surface area contributed by atoms with Crippen LogP contribution < -0.4 is 19.9 Å². The van der Waals surface area contributed by atoms with Crippen LogP contribution in [0.15, 0.2) is 12.1 Å². The zero-order valence-corrected chi connectivity index (χ0v) is 13.4. The van der Waals surface area contributed by atoms with E-state index in [1.54, 1.807) is 21.3 Å². The summed E-state index contributed by atoms with van der Waals surface area (Å²) in [6, 6.07) is 4.86. The lowest BCUT2D eigenvalue weighted by Crippen LogP contribution is -2.44. The first-order valence-corrected chi connectivity index (χ1v) is 7.37. The predicted octanol–water partition coefficient (Wildman–Crippen LogP) is 2.02. The Hall–Kier alpha value is -1.46. The molecule has 2 atom stereocenters. The first kappa shape index (κ1) is 15.9. The molecular weight excluding hydrogens is 268 g/mol. The molecule has 1 heterocycles. The third-order valence-electron chi connectivity index (χ3n) is 4.16. The van der Waals surface area contributed by atoms with Crippen molar-refractivity contribution in [1.82, 2.24) is 4.90 Å². The van der Waals surface area contributed by atoms with Gasteiger partial charge in [0.05, 0.1) is 21.3 Å². The molecule has 0 aliphatic carbocycles. The van der Waals surface area contributed by atoms with Crippen LogP contribution in [0.4, 0.5) is 0 Å². The molecular formula is C16H26N2O3. The van der Waals surface area contributed by atoms with Crippen LogP contribution in [0.5, 0.6) is 17.2 Å². The molecule has 2 N–H and O–H groups in total. The molecule has 1 aliphatic heterocycles. The molecule has 1 fully saturated rings. The van der Waals surface area contributed by atoms with E-state index in [1.807, 2.05) is 12.1 Å². The highest BCUT2D eigenvalue weighted by Gasteiger charge is 2.24. The van der Waals surface area contributed by atoms with Gasteiger partial charge in [0, 0.05) is 25.2 Å². The van der Waals surface area contributed by atoms with Crippen molar-refractivity contribution in [2.45, 2.75) is 38.4 Å². The second-order valence-electron chi connectivity index (χ2n) is 5.64. The van der Waals surface area contributed by atoms with Gasteiger partial charge in [-0.05, 0) is 37.5 Å². The second-order valence-corrected chi connectivity index (χ2v) is 5.64. The number of hydrogen-bond acceptors (Lipinski definition) is 5. The Bertz CT molecular complexity index is 454. The minimum Gasteiger partial charge on any atom is -0.493 e. The van der Waals surface area contributed by atoms with Gasteiger partial charge in [-0.1, -0.05) is 0 Å². The standard InChI is InChI=1S/C16H26N2O3/c1-11-7-13(17)5-6-18(11)10-12-8-14(19-2)16(21-4)15(9-12)20-3/h8-9,11,13H,5-7,10,17H2,1-4H3/t11-,13+/m1/s1. The van der Waals surface area contributed by atoms with Crippen LogP contribution in [0.25, 0.3) is 0 Å². The Balaban J connectivity index is 2.20. The van der Waals surface area contributed by atoms with Crippen LogP contribution in [0.2, 0.25) is 0 Å². The molecule has 0 amide bonds. The lowest BCUT2D eigenvalue weighted by molar-refractivity contribution is 0.139. The van der Waals surface area contributed by atoms with Crippen LogP contribution in [-0.4, -0.2) is 44.9 Å². The summed E-state index contributed by atoms with van der Waals surface area (Å²) < 4.78 is 16.2. The Morgan fingerprint density at radius 1 is 1.14 bits per heavy atom. The van der Waals surface area contributed by atoms with E-state index in [2.05, 4.69) is 11.8 Å². The van der Waals surface area contributed by atoms with Crippen LogP contribution in [-0.2, 0) is 6.54 Å². The molecule has 1 aromatic carbocycles. The summed E-state index contributed by atoms with van der Waals surface area (Å²) in [5.74, 6) is 2.04. The third-order valence-corrected chi connectivity index (χ3v) is 4.16. The van der Waals surface area contributed by atoms with Gasteiger partial charge in [0.2, 0.25) is 5.75 Å². The number of piperidine rings is 1. The molecule has 1 aromatic rings. The molecule has 0 aromatic heterocycles. The van der Waals surface area contributed by atoms with Crippen LogP contribution in [0.1, 0.15) is 25.3 Å². The largest absolute Gasteiger partial charge is 0.493 e. The van der Waals surface area contributed by atoms with Crippen molar-refractivity contribution in [3.63, 3.8) is 0 Å². The molecule has 0 unspecified atom stereocenters. The van der Waals surface area contributed by atoms with Gasteiger partial charge in [-0.15, -0.1) is 0 Å². The summed E-state index contributed by atoms with van der Waals surface area (Å²) in [4.78, 5) is 2.45. The maximum Gasteiger partial charge on any atom is 0.203 e. The molecule has 5 heteroatoms. The number of ether oxygens (including phenoxy) is 3. The Morgan fingerprint density at radius 2 is 1.76 bits per heavy atom. The van der Waals surface area contributed by atoms with Crippen LogP contribution in [0.3, 0.4) is 0 Å². The van der Waals surface area contributed by atoms with E-state index in [1.165, 1.54) is 0 Å². The smallest absolute Gasteiger partial charge is 0.203 e. The molecule has 118 valence electrons. The van der Waals surface area contributed by atoms with Crippen molar-refractivity contribution in [3.05, 3.63) is 17.7 Å². The highest BCUT2D eigenvalue weighted by molar-refractivity contribution is 5.53. The molecule has 2 rings (SSSR count). The Labute approximate surface area is 127 Å². The quantitative estimate of drug-likeness (QED) is 0.900. The van der Waals surface area contributed by atoms with E-state index in [9.17, 15) is 0 Å². The number of methoxy groups -OCH3 is 3. The summed E-state index contributed by atoms with van der Waals surface area (Å²) in [7, 11) is 4.90. The van der Waals surface area contributed by atoms with E-state index < -0.39 is 0 Å². The molecule has 0 radical (unpaired) electrons. The highest BCUT2D eigenvalue weighted by Crippen LogP contribution is 2.38. The fourth-order valence-electron chi connectivity index (χ4n) is 2.95. The van der Waals surface area contributed by atoms with Crippen LogP contribution >= 0.6 is 0 Å². The van der Waals surface area contributed by atoms with Crippen LogP contribution in [0, 0.1) is 0 Å². The molecule has 0 spiro atoms. The van der Waals surface area contributed by atoms with Crippen molar-refractivity contribution >= 4 is 0 Å². The van der Waals surface area contributed by atoms with E-state index in [0.29, 0.717) is 29.3 Å². The van der Waals surface area contributed by atoms with E-state index in [4.69, 9.17) is 19.9 Å². The van der Waals surface area contributed by atoms with Crippen molar-refractivity contribution < 1.29 is 14.2 Å². The minimum atomic E-state index is 0.330. The maximum atomic E-state index is 6.03. The summed E-state index contributed by atoms with van der Waals surface area (Å²) in [5.41, 5.74) is 7.19. The topological polar surface area (TPSA) is 57.0 Å². The maximum absolute atomic E-state index is 6.03. The number of nitrogens with two attached hydrogens (primary N) is 1. The zero-order chi connectivity index (χ0) is 15.4. The second kappa shape index (κ2) is 7.00. The molecule has 1 aliphatic rings. The minimum absolute atomic E-state index is 0.330. The summed E-state index contributed by atoms with van der Waals surface area (Å²) in [6.07, 6.45) is 2.10. The SMILES string of the molecule is COc1cc(CN2CC[C@H](N)C[C@H]2C)cc(OC)c1OC. The lowest BCUT2D eigenvalue weighted by Gasteiger charge is -2.36. The fraction of sp³-hybridized carbons (Fsp3) is 0.625. The van der Waals surface area contributed by atoms with Gasteiger partial charge in [0.15, 0.2) is 11.5 Å². The highest BCUT2D eigenvalue weighted by atomic mass is 16.5. The first-order chi connectivity index (χ1) is 10.1. The van der Waals surface area contributed by atoms with Gasteiger partial charge in [0.25, 0.3) is 0 Å². The predicted molar refractivity (Wildman–Crippen MR) is 83.2 cm³/mol. The van der Waals surface area contributed by atoms with Gasteiger partial charge < -0.3 is 19.9 Å². The van der Waals surface area contributed by atoms with E-state index in [0.717, 1.165) is 31.5 Å². The van der Waals surface area contributed by atoms with Gasteiger partial charge >= 0.3 is 0 Å². The number of hydrogen-bond donors (Lipinski definition) is 1. The fourth-order valence-corrected chi connectivity index (χ4v) is 2.95. The molecule has 1 saturated heterocycles. The Kier molecular flexibility index (Phi) is 5.31. The number of benzene rings is 1. The number of likely N-dealkylation sites (tertiary alicyclic amines) is 1. The Morgan fingerprint density at radius 3 is 2.24 bits per heavy atom. The number of nitrogens with zero attached hydrogens (tertiary/aromatic N) is 1.